The van der Waals surface area contributed by atoms with E-state index in [0.29, 0.717) is 0 Å². The molecule has 0 atom stereocenters. The maximum Gasteiger partial charge on any atom is 0.573 e. The number of rotatable bonds is 6. The first-order valence-corrected chi connectivity index (χ1v) is 5.89. The lowest BCUT2D eigenvalue weighted by molar-refractivity contribution is -0.274. The van der Waals surface area contributed by atoms with Gasteiger partial charge in [0.1, 0.15) is 5.75 Å². The van der Waals surface area contributed by atoms with Crippen LogP contribution < -0.4 is 21.1 Å². The van der Waals surface area contributed by atoms with Crippen molar-refractivity contribution in [3.05, 3.63) is 29.8 Å². The van der Waals surface area contributed by atoms with Gasteiger partial charge in [0, 0.05) is 12.1 Å². The summed E-state index contributed by atoms with van der Waals surface area (Å²) in [6.45, 7) is -0.725. The molecule has 124 valence electrons. The topological polar surface area (TPSA) is 93.5 Å². The maximum absolute atomic E-state index is 12.2. The first-order chi connectivity index (χ1) is 9.81. The summed E-state index contributed by atoms with van der Waals surface area (Å²) in [6.07, 6.45) is -4.81. The average Bonchev–Trinajstić information content (AvgIpc) is 2.42. The highest BCUT2D eigenvalue weighted by Crippen LogP contribution is 2.25. The summed E-state index contributed by atoms with van der Waals surface area (Å²) >= 11 is 0. The van der Waals surface area contributed by atoms with Crippen LogP contribution in [0.15, 0.2) is 24.3 Å². The number of hydrogen-bond acceptors (Lipinski definition) is 4. The standard InChI is InChI=1S/C12H14F3N3O3.ClH/c13-12(14,15)21-9-4-2-1-3-8(9)6-17-11(20)7-18-10(19)5-16;/h1-4H,5-7,16H2,(H,17,20)(H,18,19);1H. The molecular formula is C12H15ClF3N3O3. The number of nitrogens with one attached hydrogen (secondary N) is 2. The summed E-state index contributed by atoms with van der Waals surface area (Å²) in [5.41, 5.74) is 5.20. The van der Waals surface area contributed by atoms with E-state index < -0.39 is 23.9 Å². The zero-order valence-electron chi connectivity index (χ0n) is 11.3. The van der Waals surface area contributed by atoms with Gasteiger partial charge in [-0.15, -0.1) is 25.6 Å². The summed E-state index contributed by atoms with van der Waals surface area (Å²) in [7, 11) is 0. The summed E-state index contributed by atoms with van der Waals surface area (Å²) < 4.78 is 40.4. The molecule has 0 fully saturated rings. The minimum absolute atomic E-state index is 0. The van der Waals surface area contributed by atoms with Gasteiger partial charge in [-0.25, -0.2) is 0 Å². The van der Waals surface area contributed by atoms with Crippen LogP contribution in [0.1, 0.15) is 5.56 Å². The normalized spacial score (nSPS) is 10.4. The third kappa shape index (κ3) is 7.70. The number of amides is 2. The van der Waals surface area contributed by atoms with E-state index in [-0.39, 0.29) is 37.6 Å². The second-order valence-corrected chi connectivity index (χ2v) is 3.91. The summed E-state index contributed by atoms with van der Waals surface area (Å²) in [5, 5.41) is 4.60. The molecule has 4 N–H and O–H groups in total. The molecule has 0 unspecified atom stereocenters. The zero-order valence-corrected chi connectivity index (χ0v) is 12.1. The van der Waals surface area contributed by atoms with Gasteiger partial charge < -0.3 is 21.1 Å². The van der Waals surface area contributed by atoms with Gasteiger partial charge in [-0.1, -0.05) is 18.2 Å². The number of nitrogens with two attached hydrogens (primary N) is 1. The van der Waals surface area contributed by atoms with E-state index in [1.807, 2.05) is 0 Å². The quantitative estimate of drug-likeness (QED) is 0.710. The van der Waals surface area contributed by atoms with Crippen molar-refractivity contribution < 1.29 is 27.5 Å². The molecule has 1 rings (SSSR count). The molecule has 10 heteroatoms. The van der Waals surface area contributed by atoms with Crippen LogP contribution in [0.2, 0.25) is 0 Å². The van der Waals surface area contributed by atoms with E-state index in [2.05, 4.69) is 15.4 Å². The number of carbonyl (C=O) groups excluding carboxylic acids is 2. The minimum Gasteiger partial charge on any atom is -0.405 e. The molecule has 6 nitrogen and oxygen atoms in total. The summed E-state index contributed by atoms with van der Waals surface area (Å²) in [5.74, 6) is -1.46. The van der Waals surface area contributed by atoms with Crippen molar-refractivity contribution in [2.24, 2.45) is 5.73 Å². The lowest BCUT2D eigenvalue weighted by Crippen LogP contribution is -2.39. The molecule has 1 aromatic rings. The molecule has 0 spiro atoms. The van der Waals surface area contributed by atoms with Crippen molar-refractivity contribution in [3.63, 3.8) is 0 Å². The second-order valence-electron chi connectivity index (χ2n) is 3.91. The predicted molar refractivity (Wildman–Crippen MR) is 74.3 cm³/mol. The fourth-order valence-corrected chi connectivity index (χ4v) is 1.38. The number of benzene rings is 1. The Hall–Kier alpha value is -2.00. The highest BCUT2D eigenvalue weighted by atomic mass is 35.5. The highest BCUT2D eigenvalue weighted by molar-refractivity contribution is 5.85. The monoisotopic (exact) mass is 341 g/mol. The van der Waals surface area contributed by atoms with E-state index in [0.717, 1.165) is 6.07 Å². The van der Waals surface area contributed by atoms with Crippen molar-refractivity contribution in [2.45, 2.75) is 12.9 Å². The molecule has 0 aromatic heterocycles. The number of carbonyl (C=O) groups is 2. The van der Waals surface area contributed by atoms with Gasteiger partial charge in [-0.3, -0.25) is 9.59 Å². The molecule has 22 heavy (non-hydrogen) atoms. The van der Waals surface area contributed by atoms with Crippen LogP contribution in [0.5, 0.6) is 5.75 Å². The minimum atomic E-state index is -4.81. The van der Waals surface area contributed by atoms with E-state index in [1.54, 1.807) is 0 Å². The molecule has 0 heterocycles. The third-order valence-corrected chi connectivity index (χ3v) is 2.31. The lowest BCUT2D eigenvalue weighted by atomic mass is 10.2. The van der Waals surface area contributed by atoms with Gasteiger partial charge in [-0.05, 0) is 6.07 Å². The zero-order chi connectivity index (χ0) is 15.9. The van der Waals surface area contributed by atoms with Crippen molar-refractivity contribution in [3.8, 4) is 5.75 Å². The first kappa shape index (κ1) is 20.0. The number of para-hydroxylation sites is 1. The van der Waals surface area contributed by atoms with E-state index in [1.165, 1.54) is 18.2 Å². The van der Waals surface area contributed by atoms with Crippen LogP contribution in [0.3, 0.4) is 0 Å². The molecule has 0 aliphatic carbocycles. The fourth-order valence-electron chi connectivity index (χ4n) is 1.38. The van der Waals surface area contributed by atoms with Crippen LogP contribution in [0.25, 0.3) is 0 Å². The van der Waals surface area contributed by atoms with Gasteiger partial charge in [0.05, 0.1) is 13.1 Å². The fraction of sp³-hybridized carbons (Fsp3) is 0.333. The Kier molecular flexibility index (Phi) is 8.28. The molecule has 0 aliphatic heterocycles. The Balaban J connectivity index is 0.00000441. The number of alkyl halides is 3. The summed E-state index contributed by atoms with van der Waals surface area (Å²) in [6, 6.07) is 5.43. The Morgan fingerprint density at radius 1 is 1.14 bits per heavy atom. The molecule has 0 bridgehead atoms. The van der Waals surface area contributed by atoms with Crippen molar-refractivity contribution in [2.75, 3.05) is 13.1 Å². The predicted octanol–water partition coefficient (Wildman–Crippen LogP) is 0.698. The van der Waals surface area contributed by atoms with Crippen molar-refractivity contribution in [1.82, 2.24) is 10.6 Å². The van der Waals surface area contributed by atoms with Gasteiger partial charge in [0.15, 0.2) is 0 Å². The Labute approximate surface area is 130 Å². The highest BCUT2D eigenvalue weighted by Gasteiger charge is 2.31. The summed E-state index contributed by atoms with van der Waals surface area (Å²) in [4.78, 5) is 22.2. The maximum atomic E-state index is 12.2. The van der Waals surface area contributed by atoms with Crippen molar-refractivity contribution in [1.29, 1.82) is 0 Å². The van der Waals surface area contributed by atoms with Crippen molar-refractivity contribution >= 4 is 24.2 Å². The van der Waals surface area contributed by atoms with E-state index >= 15 is 0 Å². The Bertz CT molecular complexity index is 512. The molecular weight excluding hydrogens is 327 g/mol. The van der Waals surface area contributed by atoms with Gasteiger partial charge >= 0.3 is 6.36 Å². The largest absolute Gasteiger partial charge is 0.573 e. The van der Waals surface area contributed by atoms with Crippen LogP contribution in [0, 0.1) is 0 Å². The Morgan fingerprint density at radius 3 is 2.36 bits per heavy atom. The molecule has 0 saturated heterocycles. The third-order valence-electron chi connectivity index (χ3n) is 2.31. The van der Waals surface area contributed by atoms with E-state index in [9.17, 15) is 22.8 Å². The average molecular weight is 342 g/mol. The van der Waals surface area contributed by atoms with Gasteiger partial charge in [0.25, 0.3) is 0 Å². The second kappa shape index (κ2) is 9.11. The molecule has 2 amide bonds. The van der Waals surface area contributed by atoms with Crippen LogP contribution in [-0.4, -0.2) is 31.3 Å². The molecule has 1 aromatic carbocycles. The molecule has 0 radical (unpaired) electrons. The first-order valence-electron chi connectivity index (χ1n) is 5.89. The van der Waals surface area contributed by atoms with Gasteiger partial charge in [-0.2, -0.15) is 0 Å². The molecule has 0 saturated carbocycles. The van der Waals surface area contributed by atoms with Crippen LogP contribution in [0.4, 0.5) is 13.2 Å². The lowest BCUT2D eigenvalue weighted by Gasteiger charge is -2.13. The Morgan fingerprint density at radius 2 is 1.77 bits per heavy atom. The van der Waals surface area contributed by atoms with E-state index in [4.69, 9.17) is 5.73 Å². The van der Waals surface area contributed by atoms with Crippen LogP contribution in [-0.2, 0) is 16.1 Å². The number of hydrogen-bond donors (Lipinski definition) is 3. The van der Waals surface area contributed by atoms with Gasteiger partial charge in [0.2, 0.25) is 11.8 Å². The molecule has 0 aliphatic rings. The number of ether oxygens (including phenoxy) is 1. The van der Waals surface area contributed by atoms with Crippen LogP contribution >= 0.6 is 12.4 Å². The number of halogens is 4. The smallest absolute Gasteiger partial charge is 0.405 e. The SMILES string of the molecule is Cl.NCC(=O)NCC(=O)NCc1ccccc1OC(F)(F)F.